The van der Waals surface area contributed by atoms with Crippen LogP contribution >= 0.6 is 0 Å². The molecule has 0 aromatic heterocycles. The Morgan fingerprint density at radius 3 is 2.65 bits per heavy atom. The highest BCUT2D eigenvalue weighted by molar-refractivity contribution is 7.92. The van der Waals surface area contributed by atoms with Crippen LogP contribution in [0.4, 0.5) is 4.79 Å². The molecule has 20 heavy (non-hydrogen) atoms. The van der Waals surface area contributed by atoms with Gasteiger partial charge in [-0.2, -0.15) is 0 Å². The molecule has 1 amide bonds. The van der Waals surface area contributed by atoms with Crippen molar-refractivity contribution in [2.24, 2.45) is 0 Å². The van der Waals surface area contributed by atoms with E-state index in [1.807, 2.05) is 32.9 Å². The van der Waals surface area contributed by atoms with Gasteiger partial charge in [-0.15, -0.1) is 0 Å². The van der Waals surface area contributed by atoms with Gasteiger partial charge in [0.2, 0.25) is 0 Å². The number of nitrogens with one attached hydrogen (secondary N) is 1. The Balaban J connectivity index is 2.29. The van der Waals surface area contributed by atoms with Crippen molar-refractivity contribution >= 4 is 15.8 Å². The van der Waals surface area contributed by atoms with Gasteiger partial charge >= 0.3 is 6.09 Å². The summed E-state index contributed by atoms with van der Waals surface area (Å²) < 4.78 is 25.7. The van der Waals surface area contributed by atoms with Gasteiger partial charge in [0.05, 0.1) is 26.9 Å². The number of hydrogen-bond acceptors (Lipinski definition) is 4. The fourth-order valence-corrected chi connectivity index (χ4v) is 3.62. The van der Waals surface area contributed by atoms with E-state index in [-0.39, 0.29) is 12.3 Å². The molecule has 1 unspecified atom stereocenters. The zero-order valence-electron chi connectivity index (χ0n) is 12.0. The molecule has 0 saturated heterocycles. The standard InChI is InChI=1S/C14H20N2O3S/c1-14(2,3)19-13(17)16-8-9-20(15,18)12-7-5-4-6-11(12)10-16/h4-7,15H,8-10H2,1-3H3. The van der Waals surface area contributed by atoms with Crippen LogP contribution in [0.1, 0.15) is 26.3 Å². The average molecular weight is 296 g/mol. The van der Waals surface area contributed by atoms with Gasteiger partial charge in [0.25, 0.3) is 0 Å². The van der Waals surface area contributed by atoms with Crippen molar-refractivity contribution in [2.45, 2.75) is 37.8 Å². The average Bonchev–Trinajstić information content (AvgIpc) is 2.45. The van der Waals surface area contributed by atoms with E-state index in [1.54, 1.807) is 12.1 Å². The highest BCUT2D eigenvalue weighted by Gasteiger charge is 2.28. The second kappa shape index (κ2) is 5.09. The summed E-state index contributed by atoms with van der Waals surface area (Å²) in [5, 5.41) is 0. The second-order valence-electron chi connectivity index (χ2n) is 5.89. The van der Waals surface area contributed by atoms with Crippen molar-refractivity contribution in [1.82, 2.24) is 4.90 Å². The maximum absolute atomic E-state index is 12.4. The van der Waals surface area contributed by atoms with Crippen molar-refractivity contribution < 1.29 is 13.7 Å². The minimum absolute atomic E-state index is 0.142. The number of amides is 1. The number of nitrogens with zero attached hydrogens (tertiary/aromatic N) is 1. The first-order valence-electron chi connectivity index (χ1n) is 6.51. The van der Waals surface area contributed by atoms with Gasteiger partial charge in [0.15, 0.2) is 0 Å². The Kier molecular flexibility index (Phi) is 3.77. The van der Waals surface area contributed by atoms with Gasteiger partial charge in [0.1, 0.15) is 5.60 Å². The van der Waals surface area contributed by atoms with E-state index >= 15 is 0 Å². The van der Waals surface area contributed by atoms with E-state index in [0.717, 1.165) is 5.56 Å². The third kappa shape index (κ3) is 3.30. The van der Waals surface area contributed by atoms with Gasteiger partial charge in [0, 0.05) is 6.54 Å². The van der Waals surface area contributed by atoms with Crippen molar-refractivity contribution in [3.63, 3.8) is 0 Å². The summed E-state index contributed by atoms with van der Waals surface area (Å²) in [4.78, 5) is 14.2. The molecule has 1 aliphatic rings. The Morgan fingerprint density at radius 1 is 1.35 bits per heavy atom. The third-order valence-corrected chi connectivity index (χ3v) is 4.86. The van der Waals surface area contributed by atoms with E-state index < -0.39 is 21.4 Å². The lowest BCUT2D eigenvalue weighted by Crippen LogP contribution is -2.37. The largest absolute Gasteiger partial charge is 0.444 e. The SMILES string of the molecule is CC(C)(C)OC(=O)N1CCS(=N)(=O)c2ccccc2C1. The Labute approximate surface area is 119 Å². The molecule has 1 N–H and O–H groups in total. The highest BCUT2D eigenvalue weighted by Crippen LogP contribution is 2.24. The van der Waals surface area contributed by atoms with Crippen molar-refractivity contribution in [3.05, 3.63) is 29.8 Å². The number of benzene rings is 1. The maximum atomic E-state index is 12.4. The summed E-state index contributed by atoms with van der Waals surface area (Å²) >= 11 is 0. The number of rotatable bonds is 0. The van der Waals surface area contributed by atoms with E-state index in [2.05, 4.69) is 0 Å². The zero-order chi connectivity index (χ0) is 15.0. The Morgan fingerprint density at radius 2 is 2.00 bits per heavy atom. The quantitative estimate of drug-likeness (QED) is 0.800. The zero-order valence-corrected chi connectivity index (χ0v) is 12.8. The minimum Gasteiger partial charge on any atom is -0.444 e. The lowest BCUT2D eigenvalue weighted by molar-refractivity contribution is 0.0247. The maximum Gasteiger partial charge on any atom is 0.410 e. The van der Waals surface area contributed by atoms with Crippen LogP contribution in [0.3, 0.4) is 0 Å². The molecule has 1 heterocycles. The normalized spacial score (nSPS) is 22.9. The number of carbonyl (C=O) groups excluding carboxylic acids is 1. The number of carbonyl (C=O) groups is 1. The topological polar surface area (TPSA) is 70.5 Å². The van der Waals surface area contributed by atoms with Crippen LogP contribution in [0.25, 0.3) is 0 Å². The summed E-state index contributed by atoms with van der Waals surface area (Å²) in [5.74, 6) is 0.142. The van der Waals surface area contributed by atoms with Gasteiger partial charge in [-0.1, -0.05) is 18.2 Å². The lowest BCUT2D eigenvalue weighted by atomic mass is 10.2. The summed E-state index contributed by atoms with van der Waals surface area (Å²) in [6.07, 6.45) is -0.426. The van der Waals surface area contributed by atoms with E-state index in [9.17, 15) is 9.00 Å². The van der Waals surface area contributed by atoms with Gasteiger partial charge in [-0.25, -0.2) is 13.8 Å². The van der Waals surface area contributed by atoms with Crippen LogP contribution in [0, 0.1) is 4.78 Å². The molecule has 1 atom stereocenters. The molecular weight excluding hydrogens is 276 g/mol. The molecule has 1 aromatic rings. The predicted molar refractivity (Wildman–Crippen MR) is 77.1 cm³/mol. The van der Waals surface area contributed by atoms with E-state index in [4.69, 9.17) is 9.52 Å². The molecule has 5 nitrogen and oxygen atoms in total. The first-order valence-corrected chi connectivity index (χ1v) is 8.24. The van der Waals surface area contributed by atoms with Gasteiger partial charge in [-0.3, -0.25) is 0 Å². The van der Waals surface area contributed by atoms with Gasteiger partial charge < -0.3 is 9.64 Å². The first kappa shape index (κ1) is 14.8. The van der Waals surface area contributed by atoms with Crippen LogP contribution in [0.15, 0.2) is 29.2 Å². The molecular formula is C14H20N2O3S. The predicted octanol–water partition coefficient (Wildman–Crippen LogP) is 2.84. The summed E-state index contributed by atoms with van der Waals surface area (Å²) in [6, 6.07) is 7.12. The number of hydrogen-bond donors (Lipinski definition) is 1. The summed E-state index contributed by atoms with van der Waals surface area (Å²) in [7, 11) is -2.84. The molecule has 1 aromatic carbocycles. The monoisotopic (exact) mass is 296 g/mol. The van der Waals surface area contributed by atoms with Crippen molar-refractivity contribution in [3.8, 4) is 0 Å². The van der Waals surface area contributed by atoms with E-state index in [1.165, 1.54) is 4.90 Å². The second-order valence-corrected chi connectivity index (χ2v) is 8.09. The van der Waals surface area contributed by atoms with E-state index in [0.29, 0.717) is 11.4 Å². The fourth-order valence-electron chi connectivity index (χ4n) is 2.07. The van der Waals surface area contributed by atoms with Crippen LogP contribution < -0.4 is 0 Å². The smallest absolute Gasteiger partial charge is 0.410 e. The number of ether oxygens (including phenoxy) is 1. The molecule has 110 valence electrons. The van der Waals surface area contributed by atoms with Crippen molar-refractivity contribution in [1.29, 1.82) is 4.78 Å². The first-order chi connectivity index (χ1) is 9.19. The van der Waals surface area contributed by atoms with Crippen LogP contribution in [-0.4, -0.2) is 33.1 Å². The fraction of sp³-hybridized carbons (Fsp3) is 0.500. The highest BCUT2D eigenvalue weighted by atomic mass is 32.2. The van der Waals surface area contributed by atoms with Crippen molar-refractivity contribution in [2.75, 3.05) is 12.3 Å². The molecule has 1 aliphatic heterocycles. The lowest BCUT2D eigenvalue weighted by Gasteiger charge is -2.26. The third-order valence-electron chi connectivity index (χ3n) is 2.99. The summed E-state index contributed by atoms with van der Waals surface area (Å²) in [5.41, 5.74) is 0.196. The minimum atomic E-state index is -2.84. The Hall–Kier alpha value is -1.56. The molecule has 0 aliphatic carbocycles. The van der Waals surface area contributed by atoms with Crippen LogP contribution in [0.2, 0.25) is 0 Å². The molecule has 0 spiro atoms. The molecule has 0 bridgehead atoms. The van der Waals surface area contributed by atoms with Crippen LogP contribution in [-0.2, 0) is 21.0 Å². The molecule has 0 saturated carbocycles. The molecule has 2 rings (SSSR count). The summed E-state index contributed by atoms with van der Waals surface area (Å²) in [6.45, 7) is 6.03. The van der Waals surface area contributed by atoms with Gasteiger partial charge in [-0.05, 0) is 32.4 Å². The molecule has 0 fully saturated rings. The molecule has 0 radical (unpaired) electrons. The number of fused-ring (bicyclic) bond motifs is 1. The van der Waals surface area contributed by atoms with Crippen LogP contribution in [0.5, 0.6) is 0 Å². The molecule has 6 heteroatoms. The Bertz CT molecular complexity index is 618.